The zero-order chi connectivity index (χ0) is 16.9. The standard InChI is InChI=1S/C19H22N2O3/c1-3-24-18-11-15(8-9-17(18)23-2)21-19(22)16-10-13-6-4-5-7-14(13)12-20-16/h4-9,11,16,20H,3,10,12H2,1-2H3,(H,21,22). The van der Waals surface area contributed by atoms with Crippen LogP contribution in [0.1, 0.15) is 18.1 Å². The molecule has 0 aliphatic carbocycles. The molecular weight excluding hydrogens is 304 g/mol. The predicted octanol–water partition coefficient (Wildman–Crippen LogP) is 2.75. The van der Waals surface area contributed by atoms with Crippen molar-refractivity contribution in [2.75, 3.05) is 19.0 Å². The van der Waals surface area contributed by atoms with E-state index in [1.54, 1.807) is 19.2 Å². The van der Waals surface area contributed by atoms with Crippen LogP contribution < -0.4 is 20.1 Å². The summed E-state index contributed by atoms with van der Waals surface area (Å²) in [5.41, 5.74) is 3.18. The number of carbonyl (C=O) groups is 1. The Labute approximate surface area is 142 Å². The first kappa shape index (κ1) is 16.3. The molecule has 0 saturated carbocycles. The van der Waals surface area contributed by atoms with Crippen LogP contribution in [-0.2, 0) is 17.8 Å². The number of carbonyl (C=O) groups excluding carboxylic acids is 1. The molecule has 126 valence electrons. The van der Waals surface area contributed by atoms with E-state index in [-0.39, 0.29) is 11.9 Å². The summed E-state index contributed by atoms with van der Waals surface area (Å²) in [6.45, 7) is 3.16. The zero-order valence-corrected chi connectivity index (χ0v) is 14.0. The average Bonchev–Trinajstić information content (AvgIpc) is 2.62. The molecule has 1 amide bonds. The molecule has 0 aromatic heterocycles. The normalized spacial score (nSPS) is 16.2. The Morgan fingerprint density at radius 2 is 2.00 bits per heavy atom. The van der Waals surface area contributed by atoms with Crippen molar-refractivity contribution >= 4 is 11.6 Å². The van der Waals surface area contributed by atoms with Gasteiger partial charge in [0, 0.05) is 18.3 Å². The lowest BCUT2D eigenvalue weighted by Crippen LogP contribution is -2.44. The van der Waals surface area contributed by atoms with E-state index < -0.39 is 0 Å². The van der Waals surface area contributed by atoms with Crippen LogP contribution in [0, 0.1) is 0 Å². The largest absolute Gasteiger partial charge is 0.493 e. The summed E-state index contributed by atoms with van der Waals surface area (Å²) in [7, 11) is 1.60. The second-order valence-corrected chi connectivity index (χ2v) is 5.69. The van der Waals surface area contributed by atoms with Gasteiger partial charge in [0.2, 0.25) is 5.91 Å². The molecule has 0 radical (unpaired) electrons. The van der Waals surface area contributed by atoms with E-state index in [2.05, 4.69) is 22.8 Å². The van der Waals surface area contributed by atoms with Crippen LogP contribution in [0.2, 0.25) is 0 Å². The predicted molar refractivity (Wildman–Crippen MR) is 93.6 cm³/mol. The molecule has 0 bridgehead atoms. The fourth-order valence-electron chi connectivity index (χ4n) is 2.89. The van der Waals surface area contributed by atoms with Crippen LogP contribution in [0.25, 0.3) is 0 Å². The van der Waals surface area contributed by atoms with Gasteiger partial charge in [-0.15, -0.1) is 0 Å². The SMILES string of the molecule is CCOc1cc(NC(=O)C2Cc3ccccc3CN2)ccc1OC. The highest BCUT2D eigenvalue weighted by Gasteiger charge is 2.24. The lowest BCUT2D eigenvalue weighted by atomic mass is 9.95. The van der Waals surface area contributed by atoms with Crippen molar-refractivity contribution < 1.29 is 14.3 Å². The van der Waals surface area contributed by atoms with Gasteiger partial charge in [0.15, 0.2) is 11.5 Å². The molecule has 1 unspecified atom stereocenters. The van der Waals surface area contributed by atoms with Gasteiger partial charge in [0.05, 0.1) is 19.8 Å². The number of hydrogen-bond acceptors (Lipinski definition) is 4. The molecular formula is C19H22N2O3. The van der Waals surface area contributed by atoms with E-state index in [1.165, 1.54) is 11.1 Å². The number of amides is 1. The first-order valence-electron chi connectivity index (χ1n) is 8.13. The van der Waals surface area contributed by atoms with Gasteiger partial charge in [-0.2, -0.15) is 0 Å². The number of benzene rings is 2. The van der Waals surface area contributed by atoms with Gasteiger partial charge in [-0.05, 0) is 36.6 Å². The first-order chi connectivity index (χ1) is 11.7. The number of anilines is 1. The molecule has 1 atom stereocenters. The van der Waals surface area contributed by atoms with E-state index in [0.717, 1.165) is 0 Å². The van der Waals surface area contributed by atoms with Gasteiger partial charge in [0.25, 0.3) is 0 Å². The highest BCUT2D eigenvalue weighted by molar-refractivity contribution is 5.95. The number of methoxy groups -OCH3 is 1. The third kappa shape index (κ3) is 3.51. The summed E-state index contributed by atoms with van der Waals surface area (Å²) in [6, 6.07) is 13.4. The highest BCUT2D eigenvalue weighted by Crippen LogP contribution is 2.30. The molecule has 1 heterocycles. The molecule has 3 rings (SSSR count). The third-order valence-corrected chi connectivity index (χ3v) is 4.13. The van der Waals surface area contributed by atoms with Crippen molar-refractivity contribution in [2.45, 2.75) is 25.9 Å². The lowest BCUT2D eigenvalue weighted by Gasteiger charge is -2.25. The Morgan fingerprint density at radius 3 is 2.75 bits per heavy atom. The Bertz CT molecular complexity index is 730. The number of ether oxygens (including phenoxy) is 2. The summed E-state index contributed by atoms with van der Waals surface area (Å²) in [5.74, 6) is 1.23. The van der Waals surface area contributed by atoms with Crippen LogP contribution in [0.15, 0.2) is 42.5 Å². The van der Waals surface area contributed by atoms with Crippen molar-refractivity contribution in [3.63, 3.8) is 0 Å². The van der Waals surface area contributed by atoms with E-state index in [0.29, 0.717) is 36.8 Å². The van der Waals surface area contributed by atoms with E-state index in [9.17, 15) is 4.79 Å². The Kier molecular flexibility index (Phi) is 5.01. The van der Waals surface area contributed by atoms with Crippen LogP contribution in [-0.4, -0.2) is 25.7 Å². The Hall–Kier alpha value is -2.53. The van der Waals surface area contributed by atoms with Crippen molar-refractivity contribution in [1.82, 2.24) is 5.32 Å². The molecule has 2 aromatic rings. The summed E-state index contributed by atoms with van der Waals surface area (Å²) >= 11 is 0. The fourth-order valence-corrected chi connectivity index (χ4v) is 2.89. The van der Waals surface area contributed by atoms with Crippen LogP contribution in [0.5, 0.6) is 11.5 Å². The van der Waals surface area contributed by atoms with Crippen molar-refractivity contribution in [2.24, 2.45) is 0 Å². The van der Waals surface area contributed by atoms with E-state index in [4.69, 9.17) is 9.47 Å². The number of rotatable bonds is 5. The molecule has 1 aliphatic heterocycles. The van der Waals surface area contributed by atoms with Crippen LogP contribution >= 0.6 is 0 Å². The number of hydrogen-bond donors (Lipinski definition) is 2. The van der Waals surface area contributed by atoms with Crippen molar-refractivity contribution in [3.8, 4) is 11.5 Å². The number of nitrogens with one attached hydrogen (secondary N) is 2. The van der Waals surface area contributed by atoms with E-state index in [1.807, 2.05) is 25.1 Å². The van der Waals surface area contributed by atoms with Crippen molar-refractivity contribution in [1.29, 1.82) is 0 Å². The monoisotopic (exact) mass is 326 g/mol. The Morgan fingerprint density at radius 1 is 1.21 bits per heavy atom. The quantitative estimate of drug-likeness (QED) is 0.887. The smallest absolute Gasteiger partial charge is 0.241 e. The molecule has 2 N–H and O–H groups in total. The second kappa shape index (κ2) is 7.36. The van der Waals surface area contributed by atoms with Crippen molar-refractivity contribution in [3.05, 3.63) is 53.6 Å². The molecule has 2 aromatic carbocycles. The highest BCUT2D eigenvalue weighted by atomic mass is 16.5. The number of fused-ring (bicyclic) bond motifs is 1. The molecule has 24 heavy (non-hydrogen) atoms. The molecule has 5 nitrogen and oxygen atoms in total. The lowest BCUT2D eigenvalue weighted by molar-refractivity contribution is -0.118. The third-order valence-electron chi connectivity index (χ3n) is 4.13. The maximum Gasteiger partial charge on any atom is 0.241 e. The molecule has 0 fully saturated rings. The summed E-state index contributed by atoms with van der Waals surface area (Å²) < 4.78 is 10.8. The maximum absolute atomic E-state index is 12.6. The minimum absolute atomic E-state index is 0.0443. The molecule has 0 spiro atoms. The Balaban J connectivity index is 1.70. The maximum atomic E-state index is 12.6. The van der Waals surface area contributed by atoms with Gasteiger partial charge < -0.3 is 20.1 Å². The summed E-state index contributed by atoms with van der Waals surface area (Å²) in [4.78, 5) is 12.6. The molecule has 0 saturated heterocycles. The summed E-state index contributed by atoms with van der Waals surface area (Å²) in [5, 5.41) is 6.25. The first-order valence-corrected chi connectivity index (χ1v) is 8.13. The van der Waals surface area contributed by atoms with Crippen LogP contribution in [0.3, 0.4) is 0 Å². The van der Waals surface area contributed by atoms with Crippen LogP contribution in [0.4, 0.5) is 5.69 Å². The minimum atomic E-state index is -0.238. The average molecular weight is 326 g/mol. The minimum Gasteiger partial charge on any atom is -0.493 e. The van der Waals surface area contributed by atoms with Gasteiger partial charge >= 0.3 is 0 Å². The fraction of sp³-hybridized carbons (Fsp3) is 0.316. The van der Waals surface area contributed by atoms with Gasteiger partial charge in [0.1, 0.15) is 0 Å². The molecule has 1 aliphatic rings. The van der Waals surface area contributed by atoms with Gasteiger partial charge in [-0.3, -0.25) is 4.79 Å². The van der Waals surface area contributed by atoms with Gasteiger partial charge in [-0.1, -0.05) is 24.3 Å². The topological polar surface area (TPSA) is 59.6 Å². The zero-order valence-electron chi connectivity index (χ0n) is 14.0. The summed E-state index contributed by atoms with van der Waals surface area (Å²) in [6.07, 6.45) is 0.691. The molecule has 5 heteroatoms. The van der Waals surface area contributed by atoms with E-state index >= 15 is 0 Å². The second-order valence-electron chi connectivity index (χ2n) is 5.69. The van der Waals surface area contributed by atoms with Gasteiger partial charge in [-0.25, -0.2) is 0 Å².